The molecule has 0 heterocycles. The second-order valence-corrected chi connectivity index (χ2v) is 5.28. The van der Waals surface area contributed by atoms with Crippen LogP contribution < -0.4 is 11.1 Å². The molecule has 3 N–H and O–H groups in total. The molecule has 1 rings (SSSR count). The summed E-state index contributed by atoms with van der Waals surface area (Å²) in [4.78, 5) is 12.1. The van der Waals surface area contributed by atoms with E-state index in [-0.39, 0.29) is 11.9 Å². The quantitative estimate of drug-likeness (QED) is 0.824. The SMILES string of the molecule is CSCC(C)NC(=O)c1ccc(C)c(C#CCN)c1. The second-order valence-electron chi connectivity index (χ2n) is 4.37. The summed E-state index contributed by atoms with van der Waals surface area (Å²) < 4.78 is 0. The summed E-state index contributed by atoms with van der Waals surface area (Å²) in [5, 5.41) is 2.97. The summed E-state index contributed by atoms with van der Waals surface area (Å²) in [6.07, 6.45) is 2.02. The van der Waals surface area contributed by atoms with Gasteiger partial charge in [-0.05, 0) is 37.8 Å². The van der Waals surface area contributed by atoms with Gasteiger partial charge in [0.2, 0.25) is 0 Å². The molecule has 1 aromatic carbocycles. The van der Waals surface area contributed by atoms with Gasteiger partial charge in [0, 0.05) is 22.9 Å². The van der Waals surface area contributed by atoms with E-state index in [0.717, 1.165) is 16.9 Å². The van der Waals surface area contributed by atoms with Crippen LogP contribution in [0.1, 0.15) is 28.4 Å². The predicted molar refractivity (Wildman–Crippen MR) is 82.4 cm³/mol. The zero-order chi connectivity index (χ0) is 14.3. The van der Waals surface area contributed by atoms with Gasteiger partial charge in [-0.3, -0.25) is 4.79 Å². The third-order valence-electron chi connectivity index (χ3n) is 2.62. The molecule has 102 valence electrons. The minimum absolute atomic E-state index is 0.0580. The normalized spacial score (nSPS) is 11.4. The molecule has 19 heavy (non-hydrogen) atoms. The zero-order valence-electron chi connectivity index (χ0n) is 11.6. The van der Waals surface area contributed by atoms with Crippen molar-refractivity contribution in [2.45, 2.75) is 19.9 Å². The van der Waals surface area contributed by atoms with Crippen molar-refractivity contribution in [3.63, 3.8) is 0 Å². The number of rotatable bonds is 4. The monoisotopic (exact) mass is 276 g/mol. The van der Waals surface area contributed by atoms with E-state index in [0.29, 0.717) is 12.1 Å². The number of nitrogens with two attached hydrogens (primary N) is 1. The topological polar surface area (TPSA) is 55.1 Å². The second kappa shape index (κ2) is 7.88. The molecule has 0 aliphatic carbocycles. The van der Waals surface area contributed by atoms with Crippen LogP contribution in [0.3, 0.4) is 0 Å². The van der Waals surface area contributed by atoms with Crippen LogP contribution in [0.5, 0.6) is 0 Å². The van der Waals surface area contributed by atoms with Gasteiger partial charge < -0.3 is 11.1 Å². The summed E-state index contributed by atoms with van der Waals surface area (Å²) in [6.45, 7) is 4.29. The highest BCUT2D eigenvalue weighted by molar-refractivity contribution is 7.98. The number of hydrogen-bond donors (Lipinski definition) is 2. The van der Waals surface area contributed by atoms with Crippen molar-refractivity contribution in [1.82, 2.24) is 5.32 Å². The molecule has 0 aliphatic heterocycles. The van der Waals surface area contributed by atoms with E-state index in [1.54, 1.807) is 11.8 Å². The van der Waals surface area contributed by atoms with Crippen LogP contribution in [0.25, 0.3) is 0 Å². The van der Waals surface area contributed by atoms with E-state index < -0.39 is 0 Å². The molecular formula is C15H20N2OS. The zero-order valence-corrected chi connectivity index (χ0v) is 12.4. The lowest BCUT2D eigenvalue weighted by atomic mass is 10.0. The van der Waals surface area contributed by atoms with Gasteiger partial charge in [0.05, 0.1) is 6.54 Å². The molecule has 0 saturated carbocycles. The van der Waals surface area contributed by atoms with E-state index in [2.05, 4.69) is 17.2 Å². The molecule has 1 amide bonds. The first-order chi connectivity index (χ1) is 9.08. The molecule has 0 aromatic heterocycles. The summed E-state index contributed by atoms with van der Waals surface area (Å²) in [7, 11) is 0. The smallest absolute Gasteiger partial charge is 0.251 e. The number of thioether (sulfide) groups is 1. The van der Waals surface area contributed by atoms with Crippen LogP contribution in [0.2, 0.25) is 0 Å². The Labute approximate surface area is 119 Å². The molecule has 3 nitrogen and oxygen atoms in total. The maximum atomic E-state index is 12.1. The van der Waals surface area contributed by atoms with Crippen molar-refractivity contribution in [3.05, 3.63) is 34.9 Å². The minimum Gasteiger partial charge on any atom is -0.349 e. The molecule has 4 heteroatoms. The van der Waals surface area contributed by atoms with Gasteiger partial charge in [-0.25, -0.2) is 0 Å². The van der Waals surface area contributed by atoms with Crippen molar-refractivity contribution in [1.29, 1.82) is 0 Å². The van der Waals surface area contributed by atoms with Gasteiger partial charge in [0.1, 0.15) is 0 Å². The number of hydrogen-bond acceptors (Lipinski definition) is 3. The molecular weight excluding hydrogens is 256 g/mol. The predicted octanol–water partition coefficient (Wildman–Crippen LogP) is 1.79. The standard InChI is InChI=1S/C15H20N2OS/c1-11-6-7-14(9-13(11)5-4-8-16)15(18)17-12(2)10-19-3/h6-7,9,12H,8,10,16H2,1-3H3,(H,17,18). The largest absolute Gasteiger partial charge is 0.349 e. The maximum absolute atomic E-state index is 12.1. The van der Waals surface area contributed by atoms with Gasteiger partial charge in [-0.2, -0.15) is 11.8 Å². The fraction of sp³-hybridized carbons (Fsp3) is 0.400. The maximum Gasteiger partial charge on any atom is 0.251 e. The Morgan fingerprint density at radius 3 is 2.89 bits per heavy atom. The Kier molecular flexibility index (Phi) is 6.48. The highest BCUT2D eigenvalue weighted by Gasteiger charge is 2.10. The number of carbonyl (C=O) groups is 1. The summed E-state index contributed by atoms with van der Waals surface area (Å²) in [5.74, 6) is 6.64. The average Bonchev–Trinajstić information content (AvgIpc) is 2.37. The lowest BCUT2D eigenvalue weighted by molar-refractivity contribution is 0.0943. The van der Waals surface area contributed by atoms with E-state index in [1.165, 1.54) is 0 Å². The fourth-order valence-electron chi connectivity index (χ4n) is 1.64. The molecule has 0 aliphatic rings. The minimum atomic E-state index is -0.0580. The Bertz CT molecular complexity index is 503. The van der Waals surface area contributed by atoms with E-state index >= 15 is 0 Å². The van der Waals surface area contributed by atoms with Crippen LogP contribution in [-0.2, 0) is 0 Å². The van der Waals surface area contributed by atoms with Crippen LogP contribution in [-0.4, -0.2) is 30.5 Å². The molecule has 0 spiro atoms. The van der Waals surface area contributed by atoms with Gasteiger partial charge in [-0.1, -0.05) is 17.9 Å². The average molecular weight is 276 g/mol. The Morgan fingerprint density at radius 2 is 2.26 bits per heavy atom. The number of benzene rings is 1. The van der Waals surface area contributed by atoms with Crippen molar-refractivity contribution in [3.8, 4) is 11.8 Å². The van der Waals surface area contributed by atoms with Gasteiger partial charge in [0.15, 0.2) is 0 Å². The Balaban J connectivity index is 2.86. The van der Waals surface area contributed by atoms with E-state index in [4.69, 9.17) is 5.73 Å². The Morgan fingerprint density at radius 1 is 1.53 bits per heavy atom. The van der Waals surface area contributed by atoms with E-state index in [9.17, 15) is 4.79 Å². The summed E-state index contributed by atoms with van der Waals surface area (Å²) in [5.41, 5.74) is 7.91. The van der Waals surface area contributed by atoms with Crippen molar-refractivity contribution < 1.29 is 4.79 Å². The first kappa shape index (κ1) is 15.6. The highest BCUT2D eigenvalue weighted by Crippen LogP contribution is 2.10. The number of amides is 1. The molecule has 0 radical (unpaired) electrons. The van der Waals surface area contributed by atoms with Gasteiger partial charge in [-0.15, -0.1) is 0 Å². The molecule has 0 fully saturated rings. The lowest BCUT2D eigenvalue weighted by Gasteiger charge is -2.13. The number of carbonyl (C=O) groups excluding carboxylic acids is 1. The first-order valence-electron chi connectivity index (χ1n) is 6.18. The highest BCUT2D eigenvalue weighted by atomic mass is 32.2. The van der Waals surface area contributed by atoms with Crippen molar-refractivity contribution >= 4 is 17.7 Å². The third kappa shape index (κ3) is 4.98. The summed E-state index contributed by atoms with van der Waals surface area (Å²) in [6, 6.07) is 5.71. The molecule has 0 bridgehead atoms. The van der Waals surface area contributed by atoms with Gasteiger partial charge >= 0.3 is 0 Å². The van der Waals surface area contributed by atoms with Crippen molar-refractivity contribution in [2.75, 3.05) is 18.6 Å². The van der Waals surface area contributed by atoms with Crippen LogP contribution in [0.15, 0.2) is 18.2 Å². The molecule has 1 aromatic rings. The summed E-state index contributed by atoms with van der Waals surface area (Å²) >= 11 is 1.71. The Hall–Kier alpha value is -1.44. The lowest BCUT2D eigenvalue weighted by Crippen LogP contribution is -2.34. The first-order valence-corrected chi connectivity index (χ1v) is 7.57. The van der Waals surface area contributed by atoms with Gasteiger partial charge in [0.25, 0.3) is 5.91 Å². The molecule has 1 unspecified atom stereocenters. The fourth-order valence-corrected chi connectivity index (χ4v) is 2.23. The third-order valence-corrected chi connectivity index (χ3v) is 3.45. The molecule has 0 saturated heterocycles. The van der Waals surface area contributed by atoms with Crippen LogP contribution >= 0.6 is 11.8 Å². The van der Waals surface area contributed by atoms with Crippen LogP contribution in [0.4, 0.5) is 0 Å². The van der Waals surface area contributed by atoms with Crippen LogP contribution in [0, 0.1) is 18.8 Å². The number of nitrogens with one attached hydrogen (secondary N) is 1. The van der Waals surface area contributed by atoms with E-state index in [1.807, 2.05) is 38.3 Å². The number of aryl methyl sites for hydroxylation is 1. The van der Waals surface area contributed by atoms with Crippen molar-refractivity contribution in [2.24, 2.45) is 5.73 Å². The molecule has 1 atom stereocenters.